The molecule has 102 valence electrons. The molecular formula is C11H15N5O3. The van der Waals surface area contributed by atoms with Gasteiger partial charge in [-0.1, -0.05) is 0 Å². The van der Waals surface area contributed by atoms with Gasteiger partial charge in [-0.15, -0.1) is 10.2 Å². The van der Waals surface area contributed by atoms with Gasteiger partial charge in [0.25, 0.3) is 0 Å². The highest BCUT2D eigenvalue weighted by molar-refractivity contribution is 5.80. The van der Waals surface area contributed by atoms with Crippen LogP contribution in [0.1, 0.15) is 18.7 Å². The lowest BCUT2D eigenvalue weighted by Crippen LogP contribution is -2.46. The minimum atomic E-state index is -0.828. The monoisotopic (exact) mass is 265 g/mol. The van der Waals surface area contributed by atoms with Crippen LogP contribution in [0.3, 0.4) is 0 Å². The molecule has 1 aliphatic heterocycles. The zero-order chi connectivity index (χ0) is 13.5. The number of urea groups is 1. The summed E-state index contributed by atoms with van der Waals surface area (Å²) in [5.41, 5.74) is -0.731. The number of aliphatic carboxylic acids is 1. The fourth-order valence-corrected chi connectivity index (χ4v) is 2.21. The van der Waals surface area contributed by atoms with Gasteiger partial charge in [0.2, 0.25) is 0 Å². The van der Waals surface area contributed by atoms with E-state index in [1.165, 1.54) is 0 Å². The van der Waals surface area contributed by atoms with Gasteiger partial charge in [0.05, 0.1) is 12.0 Å². The predicted molar refractivity (Wildman–Crippen MR) is 63.1 cm³/mol. The maximum absolute atomic E-state index is 12.0. The van der Waals surface area contributed by atoms with Gasteiger partial charge in [-0.3, -0.25) is 4.79 Å². The van der Waals surface area contributed by atoms with Crippen molar-refractivity contribution >= 4 is 12.0 Å². The number of rotatable bonds is 3. The third-order valence-corrected chi connectivity index (χ3v) is 3.81. The molecule has 1 saturated carbocycles. The van der Waals surface area contributed by atoms with Crippen LogP contribution in [0.4, 0.5) is 4.79 Å². The third-order valence-electron chi connectivity index (χ3n) is 3.81. The van der Waals surface area contributed by atoms with Crippen molar-refractivity contribution in [2.24, 2.45) is 5.41 Å². The minimum Gasteiger partial charge on any atom is -0.481 e. The van der Waals surface area contributed by atoms with E-state index >= 15 is 0 Å². The molecule has 19 heavy (non-hydrogen) atoms. The molecule has 0 spiro atoms. The Bertz CT molecular complexity index is 522. The fourth-order valence-electron chi connectivity index (χ4n) is 2.21. The van der Waals surface area contributed by atoms with Crippen LogP contribution in [0.5, 0.6) is 0 Å². The summed E-state index contributed by atoms with van der Waals surface area (Å²) < 4.78 is 1.91. The third kappa shape index (κ3) is 2.13. The summed E-state index contributed by atoms with van der Waals surface area (Å²) in [7, 11) is 0. The summed E-state index contributed by atoms with van der Waals surface area (Å²) in [6.45, 7) is 1.85. The Hall–Kier alpha value is -2.12. The molecule has 8 nitrogen and oxygen atoms in total. The molecule has 0 aromatic carbocycles. The van der Waals surface area contributed by atoms with E-state index in [2.05, 4.69) is 15.5 Å². The lowest BCUT2D eigenvalue weighted by atomic mass is 10.1. The van der Waals surface area contributed by atoms with Crippen LogP contribution >= 0.6 is 0 Å². The average molecular weight is 265 g/mol. The molecule has 1 fully saturated rings. The molecule has 1 aliphatic carbocycles. The fraction of sp³-hybridized carbons (Fsp3) is 0.636. The number of amides is 2. The maximum atomic E-state index is 12.0. The van der Waals surface area contributed by atoms with Crippen LogP contribution in [0.15, 0.2) is 6.33 Å². The molecule has 2 heterocycles. The standard InChI is InChI=1S/C11H15N5O3/c17-9(18)11(1-2-11)6-12-10(19)15-3-4-16-7-13-14-8(16)5-15/h7H,1-6H2,(H,12,19)(H,17,18). The molecule has 2 N–H and O–H groups in total. The molecule has 2 amide bonds. The second-order valence-electron chi connectivity index (χ2n) is 5.11. The van der Waals surface area contributed by atoms with Crippen LogP contribution < -0.4 is 5.32 Å². The summed E-state index contributed by atoms with van der Waals surface area (Å²) in [6, 6.07) is -0.234. The normalized spacial score (nSPS) is 19.7. The molecule has 2 aliphatic rings. The van der Waals surface area contributed by atoms with Crippen molar-refractivity contribution in [3.8, 4) is 0 Å². The summed E-state index contributed by atoms with van der Waals surface area (Å²) >= 11 is 0. The first kappa shape index (κ1) is 11.9. The van der Waals surface area contributed by atoms with Crippen molar-refractivity contribution in [3.05, 3.63) is 12.2 Å². The van der Waals surface area contributed by atoms with E-state index in [0.717, 1.165) is 5.82 Å². The smallest absolute Gasteiger partial charge is 0.317 e. The molecule has 1 aromatic rings. The Morgan fingerprint density at radius 2 is 2.21 bits per heavy atom. The summed E-state index contributed by atoms with van der Waals surface area (Å²) in [5.74, 6) is -0.0769. The number of carbonyl (C=O) groups excluding carboxylic acids is 1. The van der Waals surface area contributed by atoms with Crippen molar-refractivity contribution in [1.82, 2.24) is 25.0 Å². The second kappa shape index (κ2) is 4.22. The summed E-state index contributed by atoms with van der Waals surface area (Å²) in [6.07, 6.45) is 2.92. The number of hydrogen-bond donors (Lipinski definition) is 2. The number of nitrogens with one attached hydrogen (secondary N) is 1. The van der Waals surface area contributed by atoms with Gasteiger partial charge in [-0.05, 0) is 12.8 Å². The van der Waals surface area contributed by atoms with Crippen LogP contribution in [0.25, 0.3) is 0 Å². The molecule has 0 bridgehead atoms. The molecular weight excluding hydrogens is 250 g/mol. The second-order valence-corrected chi connectivity index (χ2v) is 5.11. The molecule has 0 saturated heterocycles. The number of carboxylic acids is 1. The number of carboxylic acid groups (broad SMARTS) is 1. The molecule has 8 heteroatoms. The van der Waals surface area contributed by atoms with Crippen LogP contribution in [0, 0.1) is 5.41 Å². The topological polar surface area (TPSA) is 100 Å². The van der Waals surface area contributed by atoms with E-state index in [-0.39, 0.29) is 12.6 Å². The first-order valence-corrected chi connectivity index (χ1v) is 6.24. The molecule has 1 aromatic heterocycles. The lowest BCUT2D eigenvalue weighted by Gasteiger charge is -2.27. The Kier molecular flexibility index (Phi) is 2.65. The van der Waals surface area contributed by atoms with E-state index < -0.39 is 11.4 Å². The van der Waals surface area contributed by atoms with Crippen LogP contribution in [-0.4, -0.2) is 49.9 Å². The van der Waals surface area contributed by atoms with E-state index in [1.54, 1.807) is 11.2 Å². The highest BCUT2D eigenvalue weighted by Crippen LogP contribution is 2.45. The van der Waals surface area contributed by atoms with Gasteiger partial charge in [0, 0.05) is 19.6 Å². The van der Waals surface area contributed by atoms with Crippen molar-refractivity contribution in [2.45, 2.75) is 25.9 Å². The number of nitrogens with zero attached hydrogens (tertiary/aromatic N) is 4. The van der Waals surface area contributed by atoms with E-state index in [4.69, 9.17) is 5.11 Å². The van der Waals surface area contributed by atoms with Gasteiger partial charge in [-0.25, -0.2) is 4.79 Å². The molecule has 3 rings (SSSR count). The number of aromatic nitrogens is 3. The quantitative estimate of drug-likeness (QED) is 0.779. The Labute approximate surface area is 109 Å². The first-order chi connectivity index (χ1) is 9.11. The zero-order valence-electron chi connectivity index (χ0n) is 10.4. The van der Waals surface area contributed by atoms with Crippen molar-refractivity contribution in [3.63, 3.8) is 0 Å². The van der Waals surface area contributed by atoms with Crippen molar-refractivity contribution < 1.29 is 14.7 Å². The number of fused-ring (bicyclic) bond motifs is 1. The van der Waals surface area contributed by atoms with Crippen LogP contribution in [-0.2, 0) is 17.9 Å². The predicted octanol–water partition coefficient (Wildman–Crippen LogP) is -0.332. The highest BCUT2D eigenvalue weighted by atomic mass is 16.4. The summed E-state index contributed by atoms with van der Waals surface area (Å²) in [4.78, 5) is 24.6. The number of hydrogen-bond acceptors (Lipinski definition) is 4. The Morgan fingerprint density at radius 1 is 1.42 bits per heavy atom. The zero-order valence-corrected chi connectivity index (χ0v) is 10.4. The first-order valence-electron chi connectivity index (χ1n) is 6.24. The largest absolute Gasteiger partial charge is 0.481 e. The minimum absolute atomic E-state index is 0.199. The Balaban J connectivity index is 1.56. The summed E-state index contributed by atoms with van der Waals surface area (Å²) in [5, 5.41) is 19.5. The van der Waals surface area contributed by atoms with Gasteiger partial charge in [0.1, 0.15) is 6.33 Å². The molecule has 0 atom stereocenters. The average Bonchev–Trinajstić information content (AvgIpc) is 3.06. The van der Waals surface area contributed by atoms with E-state index in [1.807, 2.05) is 4.57 Å². The maximum Gasteiger partial charge on any atom is 0.317 e. The van der Waals surface area contributed by atoms with E-state index in [0.29, 0.717) is 32.5 Å². The van der Waals surface area contributed by atoms with E-state index in [9.17, 15) is 9.59 Å². The van der Waals surface area contributed by atoms with Gasteiger partial charge < -0.3 is 19.9 Å². The molecule has 0 radical (unpaired) electrons. The lowest BCUT2D eigenvalue weighted by molar-refractivity contribution is -0.143. The van der Waals surface area contributed by atoms with Crippen molar-refractivity contribution in [1.29, 1.82) is 0 Å². The molecule has 0 unspecified atom stereocenters. The SMILES string of the molecule is O=C(NCC1(C(=O)O)CC1)N1CCn2cnnc2C1. The van der Waals surface area contributed by atoms with Crippen LogP contribution in [0.2, 0.25) is 0 Å². The van der Waals surface area contributed by atoms with Gasteiger partial charge in [-0.2, -0.15) is 0 Å². The van der Waals surface area contributed by atoms with Crippen molar-refractivity contribution in [2.75, 3.05) is 13.1 Å². The Morgan fingerprint density at radius 3 is 2.89 bits per heavy atom. The van der Waals surface area contributed by atoms with Gasteiger partial charge >= 0.3 is 12.0 Å². The highest BCUT2D eigenvalue weighted by Gasteiger charge is 2.50. The number of carbonyl (C=O) groups is 2. The van der Waals surface area contributed by atoms with Gasteiger partial charge in [0.15, 0.2) is 5.82 Å².